The smallest absolute Gasteiger partial charge is 0.222 e. The molecule has 34 heavy (non-hydrogen) atoms. The number of unbranched alkanes of at least 4 members (excludes halogenated alkanes) is 1. The lowest BCUT2D eigenvalue weighted by molar-refractivity contribution is -0.907. The van der Waals surface area contributed by atoms with E-state index in [9.17, 15) is 14.7 Å². The summed E-state index contributed by atoms with van der Waals surface area (Å²) in [7, 11) is 14.8. The van der Waals surface area contributed by atoms with E-state index in [2.05, 4.69) is 75.4 Å². The molecule has 1 amide bonds. The minimum atomic E-state index is -0.318. The second-order valence-electron chi connectivity index (χ2n) is 14.1. The molecule has 0 saturated heterocycles. The van der Waals surface area contributed by atoms with E-state index in [1.54, 1.807) is 0 Å². The third-order valence-electron chi connectivity index (χ3n) is 6.14. The highest BCUT2D eigenvalue weighted by atomic mass is 16.3. The highest BCUT2D eigenvalue weighted by Gasteiger charge is 2.25. The minimum absolute atomic E-state index is 0.0218. The van der Waals surface area contributed by atoms with Crippen molar-refractivity contribution in [1.29, 1.82) is 0 Å². The molecule has 7 nitrogen and oxygen atoms in total. The molecule has 0 bridgehead atoms. The lowest BCUT2D eigenvalue weighted by atomic mass is 9.85. The van der Waals surface area contributed by atoms with Gasteiger partial charge in [-0.3, -0.25) is 9.59 Å². The fraction of sp³-hybridized carbons (Fsp3) is 0.926. The minimum Gasteiger partial charge on any atom is -0.382 e. The summed E-state index contributed by atoms with van der Waals surface area (Å²) in [6.07, 6.45) is 3.93. The van der Waals surface area contributed by atoms with Crippen molar-refractivity contribution in [2.24, 2.45) is 11.3 Å². The van der Waals surface area contributed by atoms with Crippen molar-refractivity contribution < 1.29 is 28.1 Å². The molecule has 2 unspecified atom stereocenters. The van der Waals surface area contributed by atoms with Gasteiger partial charge in [-0.05, 0) is 24.7 Å². The van der Waals surface area contributed by atoms with Gasteiger partial charge in [0.15, 0.2) is 11.9 Å². The molecule has 202 valence electrons. The molecule has 0 aliphatic carbocycles. The summed E-state index contributed by atoms with van der Waals surface area (Å²) in [5, 5.41) is 13.4. The number of rotatable bonds is 17. The lowest BCUT2D eigenvalue weighted by Gasteiger charge is -2.34. The van der Waals surface area contributed by atoms with Gasteiger partial charge in [0, 0.05) is 25.3 Å². The molecule has 0 spiro atoms. The van der Waals surface area contributed by atoms with E-state index in [1.807, 2.05) is 6.92 Å². The number of Topliss-reactive ketones (excluding diaryl/α,β-unsaturated/α-hetero) is 1. The van der Waals surface area contributed by atoms with Crippen LogP contribution in [0.5, 0.6) is 0 Å². The predicted octanol–water partition coefficient (Wildman–Crippen LogP) is 2.52. The number of ketones is 1. The Labute approximate surface area is 211 Å². The van der Waals surface area contributed by atoms with Crippen LogP contribution in [0, 0.1) is 11.3 Å². The van der Waals surface area contributed by atoms with Crippen LogP contribution in [-0.4, -0.2) is 125 Å². The Hall–Kier alpha value is -1.02. The molecule has 7 heteroatoms. The standard InChI is InChI=1S/C27H58N4O3/c1-23(19-27(2,3)4)26(34)28-16-14-18-31(10,11)21-24(32)15-12-13-17-30(8,9)22-25(33)20-29(5,6)7/h23,25,33H,12-22H2,1-11H3/q+2/p+1. The molecule has 0 rings (SSSR count). The van der Waals surface area contributed by atoms with Crippen LogP contribution in [0.4, 0.5) is 0 Å². The van der Waals surface area contributed by atoms with Gasteiger partial charge in [0.1, 0.15) is 19.6 Å². The third-order valence-corrected chi connectivity index (χ3v) is 6.14. The van der Waals surface area contributed by atoms with Crippen molar-refractivity contribution in [1.82, 2.24) is 5.32 Å². The highest BCUT2D eigenvalue weighted by Crippen LogP contribution is 2.24. The number of quaternary nitrogens is 3. The van der Waals surface area contributed by atoms with E-state index in [1.165, 1.54) is 0 Å². The number of aliphatic hydroxyl groups excluding tert-OH is 1. The summed E-state index contributed by atoms with van der Waals surface area (Å²) in [5.41, 5.74) is 0.150. The number of carbonyl (C=O) groups is 2. The Morgan fingerprint density at radius 3 is 1.94 bits per heavy atom. The second kappa shape index (κ2) is 13.9. The van der Waals surface area contributed by atoms with Crippen LogP contribution < -0.4 is 5.32 Å². The molecule has 0 aromatic heterocycles. The number of carbonyl (C=O) groups excluding carboxylic acids is 2. The maximum atomic E-state index is 12.5. The number of hydrogen-bond donors (Lipinski definition) is 2. The SMILES string of the molecule is CC(CC(C)(C)C)C(=O)NCCC[N+](C)(C)CC(=O)CCCC[N+](C)(C)CC(O)C[N+](C)(C)C. The fourth-order valence-corrected chi connectivity index (χ4v) is 4.75. The van der Waals surface area contributed by atoms with Gasteiger partial charge < -0.3 is 23.9 Å². The van der Waals surface area contributed by atoms with Crippen molar-refractivity contribution in [3.05, 3.63) is 0 Å². The number of amides is 1. The van der Waals surface area contributed by atoms with Crippen molar-refractivity contribution in [2.45, 2.75) is 65.9 Å². The first-order valence-corrected chi connectivity index (χ1v) is 13.1. The van der Waals surface area contributed by atoms with Gasteiger partial charge in [0.05, 0.1) is 62.4 Å². The molecule has 0 aromatic carbocycles. The van der Waals surface area contributed by atoms with Gasteiger partial charge in [-0.25, -0.2) is 0 Å². The summed E-state index contributed by atoms with van der Waals surface area (Å²) >= 11 is 0. The van der Waals surface area contributed by atoms with Crippen molar-refractivity contribution in [3.8, 4) is 0 Å². The summed E-state index contributed by atoms with van der Waals surface area (Å²) in [5.74, 6) is 0.458. The van der Waals surface area contributed by atoms with Crippen LogP contribution in [0.3, 0.4) is 0 Å². The molecule has 0 radical (unpaired) electrons. The Balaban J connectivity index is 4.17. The summed E-state index contributed by atoms with van der Waals surface area (Å²) < 4.78 is 2.19. The molecular weight excluding hydrogens is 428 g/mol. The van der Waals surface area contributed by atoms with Gasteiger partial charge in [-0.1, -0.05) is 27.7 Å². The molecule has 0 saturated carbocycles. The average Bonchev–Trinajstić information content (AvgIpc) is 2.58. The maximum Gasteiger partial charge on any atom is 0.222 e. The normalized spacial score (nSPS) is 15.2. The topological polar surface area (TPSA) is 66.4 Å². The summed E-state index contributed by atoms with van der Waals surface area (Å²) in [6, 6.07) is 0. The van der Waals surface area contributed by atoms with E-state index in [0.29, 0.717) is 29.8 Å². The van der Waals surface area contributed by atoms with E-state index >= 15 is 0 Å². The largest absolute Gasteiger partial charge is 0.382 e. The number of nitrogens with one attached hydrogen (secondary N) is 1. The predicted molar refractivity (Wildman–Crippen MR) is 142 cm³/mol. The number of likely N-dealkylation sites (N-methyl/N-ethyl adjacent to an activating group) is 3. The molecule has 0 fully saturated rings. The lowest BCUT2D eigenvalue weighted by Crippen LogP contribution is -2.51. The van der Waals surface area contributed by atoms with Crippen LogP contribution in [-0.2, 0) is 9.59 Å². The van der Waals surface area contributed by atoms with E-state index in [-0.39, 0.29) is 23.3 Å². The molecule has 2 N–H and O–H groups in total. The zero-order valence-electron chi connectivity index (χ0n) is 24.5. The van der Waals surface area contributed by atoms with E-state index < -0.39 is 0 Å². The zero-order chi connectivity index (χ0) is 26.8. The van der Waals surface area contributed by atoms with Crippen LogP contribution in [0.1, 0.15) is 59.8 Å². The Morgan fingerprint density at radius 2 is 1.41 bits per heavy atom. The Kier molecular flexibility index (Phi) is 13.5. The first-order valence-electron chi connectivity index (χ1n) is 13.1. The highest BCUT2D eigenvalue weighted by molar-refractivity contribution is 5.79. The molecule has 0 aliphatic rings. The number of hydrogen-bond acceptors (Lipinski definition) is 3. The third kappa shape index (κ3) is 18.3. The number of aliphatic hydroxyl groups is 1. The first-order chi connectivity index (χ1) is 15.2. The average molecular weight is 488 g/mol. The van der Waals surface area contributed by atoms with Crippen LogP contribution >= 0.6 is 0 Å². The van der Waals surface area contributed by atoms with Crippen molar-refractivity contribution >= 4 is 11.7 Å². The molecule has 0 heterocycles. The molecule has 0 aliphatic heterocycles. The Morgan fingerprint density at radius 1 is 0.853 bits per heavy atom. The van der Waals surface area contributed by atoms with Gasteiger partial charge in [-0.2, -0.15) is 0 Å². The van der Waals surface area contributed by atoms with Crippen molar-refractivity contribution in [3.63, 3.8) is 0 Å². The maximum absolute atomic E-state index is 12.5. The monoisotopic (exact) mass is 487 g/mol. The van der Waals surface area contributed by atoms with Gasteiger partial charge >= 0.3 is 0 Å². The van der Waals surface area contributed by atoms with Crippen LogP contribution in [0.15, 0.2) is 0 Å². The van der Waals surface area contributed by atoms with Crippen LogP contribution in [0.25, 0.3) is 0 Å². The summed E-state index contributed by atoms with van der Waals surface area (Å²) in [6.45, 7) is 13.0. The molecular formula is C27H59N4O3+3. The van der Waals surface area contributed by atoms with Crippen molar-refractivity contribution in [2.75, 3.05) is 88.6 Å². The first kappa shape index (κ1) is 33.0. The zero-order valence-corrected chi connectivity index (χ0v) is 24.5. The van der Waals surface area contributed by atoms with E-state index in [4.69, 9.17) is 0 Å². The molecule has 0 aromatic rings. The summed E-state index contributed by atoms with van der Waals surface area (Å²) in [4.78, 5) is 24.8. The second-order valence-corrected chi connectivity index (χ2v) is 14.1. The quantitative estimate of drug-likeness (QED) is 0.245. The van der Waals surface area contributed by atoms with Gasteiger partial charge in [-0.15, -0.1) is 0 Å². The number of nitrogens with zero attached hydrogens (tertiary/aromatic N) is 3. The van der Waals surface area contributed by atoms with Gasteiger partial charge in [0.2, 0.25) is 5.91 Å². The van der Waals surface area contributed by atoms with Gasteiger partial charge in [0.25, 0.3) is 0 Å². The van der Waals surface area contributed by atoms with E-state index in [0.717, 1.165) is 60.8 Å². The van der Waals surface area contributed by atoms with Crippen LogP contribution in [0.2, 0.25) is 0 Å². The molecule has 2 atom stereocenters. The Bertz CT molecular complexity index is 618. The fourth-order valence-electron chi connectivity index (χ4n) is 4.75.